The molecule has 0 aliphatic carbocycles. The normalized spacial score (nSPS) is 11.3. The van der Waals surface area contributed by atoms with E-state index < -0.39 is 10.0 Å². The van der Waals surface area contributed by atoms with E-state index >= 15 is 0 Å². The summed E-state index contributed by atoms with van der Waals surface area (Å²) in [5.74, 6) is -0.495. The van der Waals surface area contributed by atoms with Gasteiger partial charge in [-0.05, 0) is 48.5 Å². The molecule has 0 atom stereocenters. The van der Waals surface area contributed by atoms with Gasteiger partial charge in [0.1, 0.15) is 5.82 Å². The lowest BCUT2D eigenvalue weighted by Gasteiger charge is -2.05. The Morgan fingerprint density at radius 3 is 2.41 bits per heavy atom. The Morgan fingerprint density at radius 1 is 1.11 bits per heavy atom. The fourth-order valence-corrected chi connectivity index (χ4v) is 3.11. The molecule has 0 aliphatic rings. The number of aromatic nitrogens is 2. The predicted octanol–water partition coefficient (Wildman–Crippen LogP) is 2.25. The molecule has 3 N–H and O–H groups in total. The number of carbonyl (C=O) groups is 1. The van der Waals surface area contributed by atoms with E-state index in [1.165, 1.54) is 48.5 Å². The molecule has 0 bridgehead atoms. The third-order valence-corrected chi connectivity index (χ3v) is 5.04. The number of nitrogens with two attached hydrogens (primary N) is 1. The van der Waals surface area contributed by atoms with Crippen LogP contribution in [0.1, 0.15) is 0 Å². The molecule has 0 spiro atoms. The summed E-state index contributed by atoms with van der Waals surface area (Å²) in [5.41, 5.74) is 0.987. The Bertz CT molecular complexity index is 1050. The van der Waals surface area contributed by atoms with Crippen molar-refractivity contribution in [1.29, 1.82) is 0 Å². The van der Waals surface area contributed by atoms with E-state index in [2.05, 4.69) is 15.5 Å². The zero-order chi connectivity index (χ0) is 19.4. The number of rotatable bonds is 6. The van der Waals surface area contributed by atoms with Crippen molar-refractivity contribution in [2.24, 2.45) is 5.14 Å². The average Bonchev–Trinajstić information content (AvgIpc) is 3.09. The van der Waals surface area contributed by atoms with Gasteiger partial charge in [0.15, 0.2) is 0 Å². The van der Waals surface area contributed by atoms with Crippen molar-refractivity contribution in [2.75, 3.05) is 11.1 Å². The molecule has 1 amide bonds. The Kier molecular flexibility index (Phi) is 5.54. The summed E-state index contributed by atoms with van der Waals surface area (Å²) >= 11 is 1.03. The highest BCUT2D eigenvalue weighted by Crippen LogP contribution is 2.23. The van der Waals surface area contributed by atoms with Crippen LogP contribution < -0.4 is 10.5 Å². The topological polar surface area (TPSA) is 128 Å². The minimum atomic E-state index is -3.78. The van der Waals surface area contributed by atoms with Gasteiger partial charge in [-0.1, -0.05) is 11.8 Å². The van der Waals surface area contributed by atoms with Crippen LogP contribution in [-0.2, 0) is 14.8 Å². The zero-order valence-corrected chi connectivity index (χ0v) is 15.3. The van der Waals surface area contributed by atoms with Crippen LogP contribution in [0.5, 0.6) is 0 Å². The number of anilines is 1. The van der Waals surface area contributed by atoms with E-state index in [9.17, 15) is 17.6 Å². The summed E-state index contributed by atoms with van der Waals surface area (Å²) in [7, 11) is -3.78. The lowest BCUT2D eigenvalue weighted by molar-refractivity contribution is -0.113. The second-order valence-corrected chi connectivity index (χ2v) is 7.77. The number of thioether (sulfide) groups is 1. The first-order valence-corrected chi connectivity index (χ1v) is 9.99. The maximum atomic E-state index is 12.9. The van der Waals surface area contributed by atoms with E-state index in [0.29, 0.717) is 11.3 Å². The first-order chi connectivity index (χ1) is 12.8. The van der Waals surface area contributed by atoms with Crippen LogP contribution in [0.3, 0.4) is 0 Å². The first-order valence-electron chi connectivity index (χ1n) is 7.46. The van der Waals surface area contributed by atoms with Crippen molar-refractivity contribution in [3.8, 4) is 11.5 Å². The summed E-state index contributed by atoms with van der Waals surface area (Å²) in [6, 6.07) is 11.0. The molecular weight excluding hydrogens is 395 g/mol. The van der Waals surface area contributed by atoms with Crippen LogP contribution in [0.2, 0.25) is 0 Å². The van der Waals surface area contributed by atoms with Crippen LogP contribution in [-0.4, -0.2) is 30.3 Å². The maximum Gasteiger partial charge on any atom is 0.277 e. The molecule has 140 valence electrons. The molecular formula is C16H13FN4O4S2. The number of hydrogen-bond donors (Lipinski definition) is 2. The third-order valence-electron chi connectivity index (χ3n) is 3.29. The summed E-state index contributed by atoms with van der Waals surface area (Å²) in [4.78, 5) is 11.9. The Balaban J connectivity index is 1.56. The number of halogens is 1. The van der Waals surface area contributed by atoms with Gasteiger partial charge >= 0.3 is 0 Å². The molecule has 1 heterocycles. The van der Waals surface area contributed by atoms with E-state index in [1.807, 2.05) is 0 Å². The highest BCUT2D eigenvalue weighted by atomic mass is 32.2. The molecule has 27 heavy (non-hydrogen) atoms. The largest absolute Gasteiger partial charge is 0.411 e. The van der Waals surface area contributed by atoms with Gasteiger partial charge in [0, 0.05) is 11.3 Å². The highest BCUT2D eigenvalue weighted by molar-refractivity contribution is 7.99. The van der Waals surface area contributed by atoms with Gasteiger partial charge in [-0.25, -0.2) is 17.9 Å². The molecule has 0 fully saturated rings. The summed E-state index contributed by atoms with van der Waals surface area (Å²) in [6.07, 6.45) is 0. The fourth-order valence-electron chi connectivity index (χ4n) is 2.03. The van der Waals surface area contributed by atoms with Crippen molar-refractivity contribution in [2.45, 2.75) is 10.1 Å². The second-order valence-electron chi connectivity index (χ2n) is 5.29. The standard InChI is InChI=1S/C16H13FN4O4S2/c17-11-3-1-10(2-4-11)15-20-21-16(25-15)26-9-14(22)19-12-5-7-13(8-6-12)27(18,23)24/h1-8H,9H2,(H,19,22)(H2,18,23,24). The number of benzene rings is 2. The number of nitrogens with one attached hydrogen (secondary N) is 1. The van der Waals surface area contributed by atoms with Gasteiger partial charge in [-0.3, -0.25) is 4.79 Å². The molecule has 1 aromatic heterocycles. The second kappa shape index (κ2) is 7.86. The molecule has 0 unspecified atom stereocenters. The average molecular weight is 408 g/mol. The van der Waals surface area contributed by atoms with Gasteiger partial charge in [0.05, 0.1) is 10.6 Å². The fraction of sp³-hybridized carbons (Fsp3) is 0.0625. The predicted molar refractivity (Wildman–Crippen MR) is 96.9 cm³/mol. The maximum absolute atomic E-state index is 12.9. The van der Waals surface area contributed by atoms with Crippen LogP contribution in [0, 0.1) is 5.82 Å². The Labute approximate surface area is 158 Å². The first kappa shape index (κ1) is 19.0. The SMILES string of the molecule is NS(=O)(=O)c1ccc(NC(=O)CSc2nnc(-c3ccc(F)cc3)o2)cc1. The molecule has 2 aromatic carbocycles. The van der Waals surface area contributed by atoms with Crippen molar-refractivity contribution < 1.29 is 22.0 Å². The minimum Gasteiger partial charge on any atom is -0.411 e. The number of amides is 1. The molecule has 3 aromatic rings. The highest BCUT2D eigenvalue weighted by Gasteiger charge is 2.12. The van der Waals surface area contributed by atoms with Crippen LogP contribution in [0.4, 0.5) is 10.1 Å². The van der Waals surface area contributed by atoms with E-state index in [1.54, 1.807) is 0 Å². The zero-order valence-electron chi connectivity index (χ0n) is 13.6. The lowest BCUT2D eigenvalue weighted by Crippen LogP contribution is -2.15. The van der Waals surface area contributed by atoms with Gasteiger partial charge in [0.25, 0.3) is 5.22 Å². The van der Waals surface area contributed by atoms with E-state index in [0.717, 1.165) is 11.8 Å². The monoisotopic (exact) mass is 408 g/mol. The van der Waals surface area contributed by atoms with Crippen molar-refractivity contribution in [3.05, 3.63) is 54.3 Å². The Hall–Kier alpha value is -2.76. The van der Waals surface area contributed by atoms with Gasteiger partial charge in [0.2, 0.25) is 21.8 Å². The van der Waals surface area contributed by atoms with E-state index in [4.69, 9.17) is 9.56 Å². The lowest BCUT2D eigenvalue weighted by atomic mass is 10.2. The molecule has 3 rings (SSSR count). The smallest absolute Gasteiger partial charge is 0.277 e. The molecule has 0 radical (unpaired) electrons. The van der Waals surface area contributed by atoms with Gasteiger partial charge < -0.3 is 9.73 Å². The van der Waals surface area contributed by atoms with Crippen molar-refractivity contribution in [1.82, 2.24) is 10.2 Å². The third kappa shape index (κ3) is 5.12. The van der Waals surface area contributed by atoms with Crippen LogP contribution in [0.25, 0.3) is 11.5 Å². The number of primary sulfonamides is 1. The van der Waals surface area contributed by atoms with Gasteiger partial charge in [-0.2, -0.15) is 0 Å². The van der Waals surface area contributed by atoms with Crippen molar-refractivity contribution >= 4 is 33.4 Å². The Morgan fingerprint density at radius 2 is 1.78 bits per heavy atom. The molecule has 11 heteroatoms. The van der Waals surface area contributed by atoms with Crippen molar-refractivity contribution in [3.63, 3.8) is 0 Å². The minimum absolute atomic E-state index is 0.00197. The summed E-state index contributed by atoms with van der Waals surface area (Å²) in [6.45, 7) is 0. The number of nitrogens with zero attached hydrogens (tertiary/aromatic N) is 2. The van der Waals surface area contributed by atoms with E-state index in [-0.39, 0.29) is 33.5 Å². The quantitative estimate of drug-likeness (QED) is 0.599. The number of sulfonamides is 1. The molecule has 0 aliphatic heterocycles. The summed E-state index contributed by atoms with van der Waals surface area (Å²) in [5, 5.41) is 15.5. The van der Waals surface area contributed by atoms with Gasteiger partial charge in [-0.15, -0.1) is 10.2 Å². The number of hydrogen-bond acceptors (Lipinski definition) is 7. The summed E-state index contributed by atoms with van der Waals surface area (Å²) < 4.78 is 40.7. The molecule has 0 saturated heterocycles. The number of carbonyl (C=O) groups excluding carboxylic acids is 1. The van der Waals surface area contributed by atoms with Crippen LogP contribution >= 0.6 is 11.8 Å². The molecule has 8 nitrogen and oxygen atoms in total. The van der Waals surface area contributed by atoms with Crippen LogP contribution in [0.15, 0.2) is 63.1 Å². The molecule has 0 saturated carbocycles.